The summed E-state index contributed by atoms with van der Waals surface area (Å²) < 4.78 is 0. The van der Waals surface area contributed by atoms with Crippen LogP contribution in [0.2, 0.25) is 0 Å². The number of hydrogen-bond donors (Lipinski definition) is 1. The third-order valence-corrected chi connectivity index (χ3v) is 4.92. The van der Waals surface area contributed by atoms with Gasteiger partial charge in [-0.2, -0.15) is 0 Å². The van der Waals surface area contributed by atoms with Crippen LogP contribution in [0, 0.1) is 17.3 Å². The first-order chi connectivity index (χ1) is 9.77. The second kappa shape index (κ2) is 6.37. The summed E-state index contributed by atoms with van der Waals surface area (Å²) in [5, 5.41) is 2.85. The fourth-order valence-corrected chi connectivity index (χ4v) is 3.64. The van der Waals surface area contributed by atoms with E-state index < -0.39 is 0 Å². The van der Waals surface area contributed by atoms with Crippen LogP contribution < -0.4 is 5.32 Å². The lowest BCUT2D eigenvalue weighted by Gasteiger charge is -2.39. The number of amides is 2. The number of hydrogen-bond acceptors (Lipinski definition) is 2. The summed E-state index contributed by atoms with van der Waals surface area (Å²) in [6, 6.07) is -0.385. The minimum Gasteiger partial charge on any atom is -0.342 e. The van der Waals surface area contributed by atoms with E-state index in [0.717, 1.165) is 24.8 Å². The number of carbonyl (C=O) groups is 2. The van der Waals surface area contributed by atoms with Gasteiger partial charge in [0.25, 0.3) is 0 Å². The fourth-order valence-electron chi connectivity index (χ4n) is 3.64. The van der Waals surface area contributed by atoms with Gasteiger partial charge in [0.1, 0.15) is 6.04 Å². The summed E-state index contributed by atoms with van der Waals surface area (Å²) in [5.41, 5.74) is -0.231. The van der Waals surface area contributed by atoms with Gasteiger partial charge in [-0.25, -0.2) is 0 Å². The quantitative estimate of drug-likeness (QED) is 0.869. The molecule has 2 aliphatic rings. The Kier molecular flexibility index (Phi) is 4.95. The summed E-state index contributed by atoms with van der Waals surface area (Å²) in [5.74, 6) is 1.60. The van der Waals surface area contributed by atoms with Crippen LogP contribution >= 0.6 is 0 Å². The fraction of sp³-hybridized carbons (Fsp3) is 0.882. The average molecular weight is 294 g/mol. The van der Waals surface area contributed by atoms with E-state index in [-0.39, 0.29) is 29.8 Å². The Morgan fingerprint density at radius 2 is 1.95 bits per heavy atom. The molecule has 1 saturated heterocycles. The van der Waals surface area contributed by atoms with Gasteiger partial charge in [0, 0.05) is 6.54 Å². The van der Waals surface area contributed by atoms with Crippen LogP contribution in [0.3, 0.4) is 0 Å². The summed E-state index contributed by atoms with van der Waals surface area (Å²) >= 11 is 0. The molecule has 0 aromatic rings. The summed E-state index contributed by atoms with van der Waals surface area (Å²) in [7, 11) is 0. The standard InChI is InChI=1S/C17H30N2O2/c1-12-6-5-7-13(10-12)8-9-19-11-14(20)18-15(16(19)21)17(2,3)4/h12-13,15H,5-11H2,1-4H3,(H,18,20). The molecule has 4 heteroatoms. The van der Waals surface area contributed by atoms with Gasteiger partial charge in [-0.1, -0.05) is 47.0 Å². The highest BCUT2D eigenvalue weighted by atomic mass is 16.2. The molecule has 2 fully saturated rings. The van der Waals surface area contributed by atoms with Crippen molar-refractivity contribution in [2.75, 3.05) is 13.1 Å². The number of rotatable bonds is 3. The maximum Gasteiger partial charge on any atom is 0.246 e. The number of piperazine rings is 1. The Morgan fingerprint density at radius 3 is 2.57 bits per heavy atom. The molecule has 2 rings (SSSR count). The first-order valence-corrected chi connectivity index (χ1v) is 8.35. The molecule has 3 atom stereocenters. The van der Waals surface area contributed by atoms with Crippen molar-refractivity contribution in [2.24, 2.45) is 17.3 Å². The van der Waals surface area contributed by atoms with Gasteiger partial charge in [-0.3, -0.25) is 9.59 Å². The van der Waals surface area contributed by atoms with E-state index in [1.54, 1.807) is 4.90 Å². The molecule has 3 unspecified atom stereocenters. The second-order valence-electron chi connectivity index (χ2n) is 8.05. The minimum absolute atomic E-state index is 0.0217. The molecular formula is C17H30N2O2. The Balaban J connectivity index is 1.92. The summed E-state index contributed by atoms with van der Waals surface area (Å²) in [6.45, 7) is 9.29. The highest BCUT2D eigenvalue weighted by Gasteiger charge is 2.39. The van der Waals surface area contributed by atoms with Gasteiger partial charge >= 0.3 is 0 Å². The van der Waals surface area contributed by atoms with E-state index in [1.165, 1.54) is 25.7 Å². The first-order valence-electron chi connectivity index (χ1n) is 8.35. The molecule has 4 nitrogen and oxygen atoms in total. The van der Waals surface area contributed by atoms with Gasteiger partial charge in [-0.15, -0.1) is 0 Å². The van der Waals surface area contributed by atoms with Crippen molar-refractivity contribution in [3.8, 4) is 0 Å². The van der Waals surface area contributed by atoms with Gasteiger partial charge in [0.2, 0.25) is 11.8 Å². The molecular weight excluding hydrogens is 264 g/mol. The molecule has 21 heavy (non-hydrogen) atoms. The zero-order valence-electron chi connectivity index (χ0n) is 13.9. The van der Waals surface area contributed by atoms with Crippen LogP contribution in [0.1, 0.15) is 59.8 Å². The van der Waals surface area contributed by atoms with Gasteiger partial charge < -0.3 is 10.2 Å². The molecule has 0 aromatic heterocycles. The van der Waals surface area contributed by atoms with E-state index in [9.17, 15) is 9.59 Å². The number of carbonyl (C=O) groups excluding carboxylic acids is 2. The monoisotopic (exact) mass is 294 g/mol. The normalized spacial score (nSPS) is 31.2. The molecule has 0 spiro atoms. The lowest BCUT2D eigenvalue weighted by atomic mass is 9.80. The van der Waals surface area contributed by atoms with Crippen molar-refractivity contribution < 1.29 is 9.59 Å². The van der Waals surface area contributed by atoms with Crippen molar-refractivity contribution in [1.82, 2.24) is 10.2 Å². The first kappa shape index (κ1) is 16.3. The van der Waals surface area contributed by atoms with Crippen molar-refractivity contribution in [2.45, 2.75) is 65.8 Å². The lowest BCUT2D eigenvalue weighted by Crippen LogP contribution is -2.62. The van der Waals surface area contributed by atoms with E-state index >= 15 is 0 Å². The molecule has 1 N–H and O–H groups in total. The smallest absolute Gasteiger partial charge is 0.246 e. The van der Waals surface area contributed by atoms with Crippen molar-refractivity contribution >= 4 is 11.8 Å². The highest BCUT2D eigenvalue weighted by molar-refractivity contribution is 5.95. The molecule has 1 aliphatic carbocycles. The van der Waals surface area contributed by atoms with Crippen LogP contribution in [0.5, 0.6) is 0 Å². The van der Waals surface area contributed by atoms with Gasteiger partial charge in [0.05, 0.1) is 6.54 Å². The summed E-state index contributed by atoms with van der Waals surface area (Å²) in [6.07, 6.45) is 6.25. The van der Waals surface area contributed by atoms with Crippen molar-refractivity contribution in [3.63, 3.8) is 0 Å². The van der Waals surface area contributed by atoms with E-state index in [0.29, 0.717) is 0 Å². The largest absolute Gasteiger partial charge is 0.342 e. The number of nitrogens with zero attached hydrogens (tertiary/aromatic N) is 1. The van der Waals surface area contributed by atoms with E-state index in [1.807, 2.05) is 20.8 Å². The van der Waals surface area contributed by atoms with Crippen LogP contribution in [-0.4, -0.2) is 35.8 Å². The van der Waals surface area contributed by atoms with Gasteiger partial charge in [-0.05, 0) is 30.1 Å². The summed E-state index contributed by atoms with van der Waals surface area (Å²) in [4.78, 5) is 26.2. The maximum absolute atomic E-state index is 12.6. The molecule has 1 saturated carbocycles. The third kappa shape index (κ3) is 4.21. The topological polar surface area (TPSA) is 49.4 Å². The molecule has 120 valence electrons. The Bertz CT molecular complexity index is 400. The molecule has 1 aliphatic heterocycles. The van der Waals surface area contributed by atoms with E-state index in [4.69, 9.17) is 0 Å². The van der Waals surface area contributed by atoms with Crippen LogP contribution in [-0.2, 0) is 9.59 Å². The zero-order valence-corrected chi connectivity index (χ0v) is 13.9. The zero-order chi connectivity index (χ0) is 15.6. The molecule has 2 amide bonds. The minimum atomic E-state index is -0.385. The Labute approximate surface area is 128 Å². The Hall–Kier alpha value is -1.06. The SMILES string of the molecule is CC1CCCC(CCN2CC(=O)NC(C(C)(C)C)C2=O)C1. The van der Waals surface area contributed by atoms with Crippen molar-refractivity contribution in [3.05, 3.63) is 0 Å². The number of nitrogens with one attached hydrogen (secondary N) is 1. The predicted molar refractivity (Wildman–Crippen MR) is 83.7 cm³/mol. The second-order valence-corrected chi connectivity index (χ2v) is 8.05. The van der Waals surface area contributed by atoms with Crippen LogP contribution in [0.4, 0.5) is 0 Å². The third-order valence-electron chi connectivity index (χ3n) is 4.92. The van der Waals surface area contributed by atoms with Gasteiger partial charge in [0.15, 0.2) is 0 Å². The molecule has 0 radical (unpaired) electrons. The maximum atomic E-state index is 12.6. The van der Waals surface area contributed by atoms with Crippen LogP contribution in [0.15, 0.2) is 0 Å². The average Bonchev–Trinajstić information content (AvgIpc) is 2.38. The lowest BCUT2D eigenvalue weighted by molar-refractivity contribution is -0.147. The molecule has 0 aromatic carbocycles. The van der Waals surface area contributed by atoms with E-state index in [2.05, 4.69) is 12.2 Å². The highest BCUT2D eigenvalue weighted by Crippen LogP contribution is 2.31. The predicted octanol–water partition coefficient (Wildman–Crippen LogP) is 2.58. The molecule has 0 bridgehead atoms. The van der Waals surface area contributed by atoms with Crippen molar-refractivity contribution in [1.29, 1.82) is 0 Å². The molecule has 1 heterocycles. The Morgan fingerprint density at radius 1 is 1.24 bits per heavy atom. The van der Waals surface area contributed by atoms with Crippen LogP contribution in [0.25, 0.3) is 0 Å².